The number of ether oxygens (including phenoxy) is 1. The van der Waals surface area contributed by atoms with Gasteiger partial charge in [-0.1, -0.05) is 48.5 Å². The number of amides is 1. The molecule has 4 rings (SSSR count). The van der Waals surface area contributed by atoms with Crippen molar-refractivity contribution in [2.24, 2.45) is 0 Å². The average molecular weight is 417 g/mol. The molecule has 2 aromatic carbocycles. The van der Waals surface area contributed by atoms with Crippen LogP contribution in [0.5, 0.6) is 0 Å². The molecule has 2 aromatic rings. The maximum absolute atomic E-state index is 12.8. The third kappa shape index (κ3) is 5.17. The summed E-state index contributed by atoms with van der Waals surface area (Å²) >= 11 is 0. The van der Waals surface area contributed by atoms with Gasteiger partial charge in [0.05, 0.1) is 24.9 Å². The number of likely N-dealkylation sites (tertiary alicyclic amines) is 1. The van der Waals surface area contributed by atoms with Crippen LogP contribution in [0.1, 0.15) is 34.9 Å². The van der Waals surface area contributed by atoms with Gasteiger partial charge in [0.1, 0.15) is 0 Å². The van der Waals surface area contributed by atoms with Crippen LogP contribution in [0.2, 0.25) is 0 Å². The van der Waals surface area contributed by atoms with Gasteiger partial charge in [0.15, 0.2) is 0 Å². The number of piperidine rings is 1. The summed E-state index contributed by atoms with van der Waals surface area (Å²) < 4.78 is 6.18. The van der Waals surface area contributed by atoms with Crippen molar-refractivity contribution in [1.82, 2.24) is 9.80 Å². The summed E-state index contributed by atoms with van der Waals surface area (Å²) in [5.74, 6) is 0.0882. The largest absolute Gasteiger partial charge is 0.387 e. The Bertz CT molecular complexity index is 779. The molecule has 2 fully saturated rings. The van der Waals surface area contributed by atoms with Crippen LogP contribution < -0.4 is 0 Å². The Morgan fingerprint density at radius 1 is 1.00 bits per heavy atom. The van der Waals surface area contributed by atoms with Crippen LogP contribution in [0, 0.1) is 0 Å². The minimum atomic E-state index is -0.473. The van der Waals surface area contributed by atoms with Crippen LogP contribution in [0.15, 0.2) is 60.7 Å². The standard InChI is InChI=1S/C23H28N2O3.ClH/c26-21(19-7-3-1-4-8-19)17-24-13-11-23(12-14-24)18-25(15-16-28-23)22(27)20-9-5-2-6-10-20;/h1-10,21,26H,11-18H2;1H. The van der Waals surface area contributed by atoms with Crippen LogP contribution in [-0.2, 0) is 4.74 Å². The molecule has 1 unspecified atom stereocenters. The van der Waals surface area contributed by atoms with E-state index in [2.05, 4.69) is 4.90 Å². The van der Waals surface area contributed by atoms with E-state index in [1.165, 1.54) is 0 Å². The number of rotatable bonds is 4. The number of aliphatic hydroxyl groups is 1. The molecule has 0 aliphatic carbocycles. The van der Waals surface area contributed by atoms with Gasteiger partial charge in [0.2, 0.25) is 0 Å². The number of β-amino-alcohol motifs (C(OH)–C–C–N with tert-alkyl or cyclic N) is 1. The Balaban J connectivity index is 0.00000240. The zero-order valence-corrected chi connectivity index (χ0v) is 17.4. The molecule has 2 aliphatic heterocycles. The van der Waals surface area contributed by atoms with Gasteiger partial charge in [-0.05, 0) is 30.5 Å². The smallest absolute Gasteiger partial charge is 0.254 e. The van der Waals surface area contributed by atoms with Crippen molar-refractivity contribution in [1.29, 1.82) is 0 Å². The van der Waals surface area contributed by atoms with E-state index in [0.29, 0.717) is 26.2 Å². The van der Waals surface area contributed by atoms with Gasteiger partial charge >= 0.3 is 0 Å². The summed E-state index contributed by atoms with van der Waals surface area (Å²) in [6, 6.07) is 19.3. The quantitative estimate of drug-likeness (QED) is 0.831. The molecule has 5 nitrogen and oxygen atoms in total. The summed E-state index contributed by atoms with van der Waals surface area (Å²) in [7, 11) is 0. The Morgan fingerprint density at radius 2 is 1.62 bits per heavy atom. The molecular weight excluding hydrogens is 388 g/mol. The number of aliphatic hydroxyl groups excluding tert-OH is 1. The van der Waals surface area contributed by atoms with E-state index in [1.54, 1.807) is 0 Å². The fourth-order valence-corrected chi connectivity index (χ4v) is 4.25. The molecule has 2 heterocycles. The zero-order chi connectivity index (χ0) is 19.4. The lowest BCUT2D eigenvalue weighted by molar-refractivity contribution is -0.129. The third-order valence-electron chi connectivity index (χ3n) is 5.94. The van der Waals surface area contributed by atoms with Crippen LogP contribution in [0.4, 0.5) is 0 Å². The average Bonchev–Trinajstić information content (AvgIpc) is 2.76. The number of carbonyl (C=O) groups excluding carboxylic acids is 1. The van der Waals surface area contributed by atoms with E-state index in [1.807, 2.05) is 65.6 Å². The summed E-state index contributed by atoms with van der Waals surface area (Å²) in [6.45, 7) is 4.26. The predicted octanol–water partition coefficient (Wildman–Crippen LogP) is 3.15. The second kappa shape index (κ2) is 9.72. The van der Waals surface area contributed by atoms with Crippen molar-refractivity contribution in [2.45, 2.75) is 24.5 Å². The molecule has 0 bridgehead atoms. The minimum absolute atomic E-state index is 0. The molecule has 1 amide bonds. The molecule has 0 radical (unpaired) electrons. The van der Waals surface area contributed by atoms with Gasteiger partial charge in [0, 0.05) is 31.7 Å². The Morgan fingerprint density at radius 3 is 2.28 bits per heavy atom. The summed E-state index contributed by atoms with van der Waals surface area (Å²) in [6.07, 6.45) is 1.29. The second-order valence-electron chi connectivity index (χ2n) is 7.85. The van der Waals surface area contributed by atoms with Crippen LogP contribution in [-0.4, -0.2) is 65.7 Å². The van der Waals surface area contributed by atoms with Crippen molar-refractivity contribution in [3.8, 4) is 0 Å². The number of benzene rings is 2. The maximum Gasteiger partial charge on any atom is 0.254 e. The minimum Gasteiger partial charge on any atom is -0.387 e. The topological polar surface area (TPSA) is 53.0 Å². The van der Waals surface area contributed by atoms with Gasteiger partial charge < -0.3 is 19.6 Å². The first-order valence-electron chi connectivity index (χ1n) is 10.1. The van der Waals surface area contributed by atoms with Crippen LogP contribution in [0.25, 0.3) is 0 Å². The van der Waals surface area contributed by atoms with Crippen molar-refractivity contribution in [3.63, 3.8) is 0 Å². The van der Waals surface area contributed by atoms with Gasteiger partial charge in [-0.25, -0.2) is 0 Å². The number of carbonyl (C=O) groups is 1. The van der Waals surface area contributed by atoms with E-state index >= 15 is 0 Å². The Hall–Kier alpha value is -1.92. The monoisotopic (exact) mass is 416 g/mol. The molecular formula is C23H29ClN2O3. The van der Waals surface area contributed by atoms with E-state index in [0.717, 1.165) is 37.1 Å². The van der Waals surface area contributed by atoms with E-state index < -0.39 is 6.10 Å². The van der Waals surface area contributed by atoms with Crippen molar-refractivity contribution in [2.75, 3.05) is 39.3 Å². The van der Waals surface area contributed by atoms with E-state index in [9.17, 15) is 9.90 Å². The number of morpholine rings is 1. The molecule has 0 aromatic heterocycles. The fourth-order valence-electron chi connectivity index (χ4n) is 4.25. The molecule has 29 heavy (non-hydrogen) atoms. The highest BCUT2D eigenvalue weighted by Crippen LogP contribution is 2.31. The third-order valence-corrected chi connectivity index (χ3v) is 5.94. The van der Waals surface area contributed by atoms with Crippen molar-refractivity contribution >= 4 is 18.3 Å². The number of hydrogen-bond donors (Lipinski definition) is 1. The van der Waals surface area contributed by atoms with Gasteiger partial charge in [-0.3, -0.25) is 4.79 Å². The lowest BCUT2D eigenvalue weighted by Crippen LogP contribution is -2.58. The second-order valence-corrected chi connectivity index (χ2v) is 7.85. The molecule has 2 aliphatic rings. The number of halogens is 1. The Kier molecular flexibility index (Phi) is 7.30. The molecule has 156 valence electrons. The summed E-state index contributed by atoms with van der Waals surface area (Å²) in [4.78, 5) is 17.1. The highest BCUT2D eigenvalue weighted by Gasteiger charge is 2.41. The van der Waals surface area contributed by atoms with Gasteiger partial charge in [-0.2, -0.15) is 0 Å². The van der Waals surface area contributed by atoms with Gasteiger partial charge in [-0.15, -0.1) is 12.4 Å². The van der Waals surface area contributed by atoms with E-state index in [-0.39, 0.29) is 23.9 Å². The SMILES string of the molecule is Cl.O=C(c1ccccc1)N1CCOC2(CCN(CC(O)c3ccccc3)CC2)C1. The molecule has 1 spiro atoms. The first-order chi connectivity index (χ1) is 13.7. The lowest BCUT2D eigenvalue weighted by atomic mass is 9.88. The molecule has 6 heteroatoms. The normalized spacial score (nSPS) is 20.1. The molecule has 1 atom stereocenters. The summed E-state index contributed by atoms with van der Waals surface area (Å²) in [5, 5.41) is 10.5. The molecule has 0 saturated carbocycles. The van der Waals surface area contributed by atoms with E-state index in [4.69, 9.17) is 4.74 Å². The zero-order valence-electron chi connectivity index (χ0n) is 16.6. The van der Waals surface area contributed by atoms with Crippen molar-refractivity contribution in [3.05, 3.63) is 71.8 Å². The van der Waals surface area contributed by atoms with Gasteiger partial charge in [0.25, 0.3) is 5.91 Å². The van der Waals surface area contributed by atoms with Crippen LogP contribution in [0.3, 0.4) is 0 Å². The fraction of sp³-hybridized carbons (Fsp3) is 0.435. The highest BCUT2D eigenvalue weighted by molar-refractivity contribution is 5.94. The lowest BCUT2D eigenvalue weighted by Gasteiger charge is -2.47. The molecule has 2 saturated heterocycles. The first kappa shape index (κ1) is 21.8. The number of nitrogens with zero attached hydrogens (tertiary/aromatic N) is 2. The molecule has 1 N–H and O–H groups in total. The first-order valence-corrected chi connectivity index (χ1v) is 10.1. The highest BCUT2D eigenvalue weighted by atomic mass is 35.5. The number of hydrogen-bond acceptors (Lipinski definition) is 4. The van der Waals surface area contributed by atoms with Crippen LogP contribution >= 0.6 is 12.4 Å². The maximum atomic E-state index is 12.8. The van der Waals surface area contributed by atoms with Crippen molar-refractivity contribution < 1.29 is 14.6 Å². The Labute approximate surface area is 178 Å². The summed E-state index contributed by atoms with van der Waals surface area (Å²) in [5.41, 5.74) is 1.44. The predicted molar refractivity (Wildman–Crippen MR) is 115 cm³/mol.